The lowest BCUT2D eigenvalue weighted by Gasteiger charge is -1.95. The summed E-state index contributed by atoms with van der Waals surface area (Å²) in [6, 6.07) is 0. The molecule has 86 valence electrons. The second-order valence-corrected chi connectivity index (χ2v) is 2.92. The van der Waals surface area contributed by atoms with E-state index in [1.54, 1.807) is 0 Å². The summed E-state index contributed by atoms with van der Waals surface area (Å²) in [6.45, 7) is 1.35. The Hall–Kier alpha value is -1.72. The SMILES string of the molecule is CC(=O)CCC(=O)[O-].O=C1CCC(=O)O1.[HH]. The van der Waals surface area contributed by atoms with Gasteiger partial charge in [-0.05, 0) is 13.3 Å². The Morgan fingerprint density at radius 2 is 1.73 bits per heavy atom. The predicted octanol–water partition coefficient (Wildman–Crippen LogP) is -0.798. The molecule has 0 aromatic carbocycles. The summed E-state index contributed by atoms with van der Waals surface area (Å²) in [5, 5.41) is 9.64. The van der Waals surface area contributed by atoms with Gasteiger partial charge in [-0.15, -0.1) is 0 Å². The third-order valence-electron chi connectivity index (χ3n) is 1.44. The van der Waals surface area contributed by atoms with Crippen LogP contribution in [0.15, 0.2) is 0 Å². The van der Waals surface area contributed by atoms with E-state index in [0.29, 0.717) is 0 Å². The smallest absolute Gasteiger partial charge is 0.314 e. The molecule has 6 nitrogen and oxygen atoms in total. The summed E-state index contributed by atoms with van der Waals surface area (Å²) in [6.07, 6.45) is 0.454. The number of rotatable bonds is 3. The van der Waals surface area contributed by atoms with Crippen LogP contribution in [0.4, 0.5) is 0 Å². The van der Waals surface area contributed by atoms with Gasteiger partial charge in [0, 0.05) is 13.8 Å². The van der Waals surface area contributed by atoms with Gasteiger partial charge < -0.3 is 19.4 Å². The van der Waals surface area contributed by atoms with Gasteiger partial charge in [0.1, 0.15) is 5.78 Å². The van der Waals surface area contributed by atoms with E-state index in [1.165, 1.54) is 6.92 Å². The zero-order valence-electron chi connectivity index (χ0n) is 8.28. The van der Waals surface area contributed by atoms with E-state index in [2.05, 4.69) is 4.74 Å². The summed E-state index contributed by atoms with van der Waals surface area (Å²) in [7, 11) is 0. The number of carboxylic acids is 1. The topological polar surface area (TPSA) is 101 Å². The van der Waals surface area contributed by atoms with Crippen molar-refractivity contribution in [2.24, 2.45) is 0 Å². The van der Waals surface area contributed by atoms with Gasteiger partial charge in [0.25, 0.3) is 0 Å². The van der Waals surface area contributed by atoms with Crippen molar-refractivity contribution in [2.45, 2.75) is 32.6 Å². The Bertz CT molecular complexity index is 258. The number of hydrogen-bond donors (Lipinski definition) is 0. The number of ether oxygens (including phenoxy) is 1. The van der Waals surface area contributed by atoms with E-state index >= 15 is 0 Å². The van der Waals surface area contributed by atoms with E-state index < -0.39 is 17.9 Å². The number of carbonyl (C=O) groups excluding carboxylic acids is 4. The van der Waals surface area contributed by atoms with Gasteiger partial charge in [-0.2, -0.15) is 0 Å². The molecule has 0 aromatic heterocycles. The third-order valence-corrected chi connectivity index (χ3v) is 1.44. The number of aliphatic carboxylic acids is 1. The Balaban J connectivity index is 0. The maximum atomic E-state index is 10.1. The van der Waals surface area contributed by atoms with Crippen molar-refractivity contribution >= 4 is 23.7 Å². The predicted molar refractivity (Wildman–Crippen MR) is 47.4 cm³/mol. The molecule has 15 heavy (non-hydrogen) atoms. The molecule has 1 rings (SSSR count). The van der Waals surface area contributed by atoms with E-state index in [1.807, 2.05) is 0 Å². The third kappa shape index (κ3) is 8.61. The van der Waals surface area contributed by atoms with Crippen LogP contribution in [-0.4, -0.2) is 23.7 Å². The monoisotopic (exact) mass is 217 g/mol. The second-order valence-electron chi connectivity index (χ2n) is 2.92. The maximum absolute atomic E-state index is 10.1. The number of Topliss-reactive ketones (excluding diaryl/α,β-unsaturated/α-hetero) is 1. The molecule has 1 aliphatic heterocycles. The fourth-order valence-corrected chi connectivity index (χ4v) is 0.711. The summed E-state index contributed by atoms with van der Waals surface area (Å²) in [4.78, 5) is 39.7. The number of esters is 2. The molecule has 0 aromatic rings. The Kier molecular flexibility index (Phi) is 5.92. The standard InChI is InChI=1S/C5H8O3.C4H4O3.H2/c1-4(6)2-3-5(7)8;5-3-1-2-4(6)7-3;/h2-3H2,1H3,(H,7,8);1-2H2;1H/p-1. The summed E-state index contributed by atoms with van der Waals surface area (Å²) in [5.74, 6) is -2.08. The molecule has 0 N–H and O–H groups in total. The Morgan fingerprint density at radius 1 is 1.27 bits per heavy atom. The molecule has 0 atom stereocenters. The molecule has 0 unspecified atom stereocenters. The molecule has 0 amide bonds. The molecule has 0 radical (unpaired) electrons. The van der Waals surface area contributed by atoms with E-state index in [4.69, 9.17) is 0 Å². The molecule has 1 fully saturated rings. The molecular weight excluding hydrogens is 204 g/mol. The minimum atomic E-state index is -1.17. The van der Waals surface area contributed by atoms with Crippen LogP contribution in [0.3, 0.4) is 0 Å². The molecular formula is C9H13O6-. The molecule has 0 spiro atoms. The van der Waals surface area contributed by atoms with Crippen LogP contribution in [0.5, 0.6) is 0 Å². The van der Waals surface area contributed by atoms with Crippen molar-refractivity contribution in [2.75, 3.05) is 0 Å². The second kappa shape index (κ2) is 6.69. The lowest BCUT2D eigenvalue weighted by Crippen LogP contribution is -2.22. The van der Waals surface area contributed by atoms with E-state index in [9.17, 15) is 24.3 Å². The van der Waals surface area contributed by atoms with Crippen LogP contribution >= 0.6 is 0 Å². The molecule has 0 bridgehead atoms. The molecule has 1 aliphatic rings. The van der Waals surface area contributed by atoms with Gasteiger partial charge in [0.15, 0.2) is 0 Å². The first-order valence-corrected chi connectivity index (χ1v) is 4.34. The molecule has 1 heterocycles. The quantitative estimate of drug-likeness (QED) is 0.453. The van der Waals surface area contributed by atoms with Gasteiger partial charge in [-0.3, -0.25) is 9.59 Å². The van der Waals surface area contributed by atoms with Gasteiger partial charge in [0.2, 0.25) is 0 Å². The molecule has 0 aliphatic carbocycles. The largest absolute Gasteiger partial charge is 0.550 e. The van der Waals surface area contributed by atoms with Gasteiger partial charge in [-0.25, -0.2) is 0 Å². The minimum Gasteiger partial charge on any atom is -0.550 e. The highest BCUT2D eigenvalue weighted by molar-refractivity contribution is 5.92. The Morgan fingerprint density at radius 3 is 1.87 bits per heavy atom. The van der Waals surface area contributed by atoms with Gasteiger partial charge >= 0.3 is 11.9 Å². The zero-order chi connectivity index (χ0) is 11.8. The Labute approximate surface area is 87.7 Å². The highest BCUT2D eigenvalue weighted by atomic mass is 16.6. The van der Waals surface area contributed by atoms with Crippen molar-refractivity contribution in [1.29, 1.82) is 0 Å². The first-order valence-electron chi connectivity index (χ1n) is 4.34. The first kappa shape index (κ1) is 13.3. The van der Waals surface area contributed by atoms with Crippen LogP contribution in [0.2, 0.25) is 0 Å². The number of hydrogen-bond acceptors (Lipinski definition) is 6. The lowest BCUT2D eigenvalue weighted by atomic mass is 10.2. The van der Waals surface area contributed by atoms with Crippen LogP contribution in [0.1, 0.15) is 34.0 Å². The zero-order valence-corrected chi connectivity index (χ0v) is 8.28. The summed E-state index contributed by atoms with van der Waals surface area (Å²) < 4.78 is 4.08. The average Bonchev–Trinajstić information content (AvgIpc) is 2.47. The summed E-state index contributed by atoms with van der Waals surface area (Å²) >= 11 is 0. The molecule has 6 heteroatoms. The fourth-order valence-electron chi connectivity index (χ4n) is 0.711. The number of carbonyl (C=O) groups is 4. The van der Waals surface area contributed by atoms with Crippen molar-refractivity contribution in [1.82, 2.24) is 0 Å². The van der Waals surface area contributed by atoms with Crippen LogP contribution < -0.4 is 5.11 Å². The van der Waals surface area contributed by atoms with Crippen molar-refractivity contribution in [3.05, 3.63) is 0 Å². The minimum absolute atomic E-state index is 0. The van der Waals surface area contributed by atoms with Crippen molar-refractivity contribution in [3.8, 4) is 0 Å². The van der Waals surface area contributed by atoms with Crippen LogP contribution in [0.25, 0.3) is 0 Å². The van der Waals surface area contributed by atoms with E-state index in [0.717, 1.165) is 0 Å². The van der Waals surface area contributed by atoms with E-state index in [-0.39, 0.29) is 32.9 Å². The highest BCUT2D eigenvalue weighted by Crippen LogP contribution is 2.03. The summed E-state index contributed by atoms with van der Waals surface area (Å²) in [5.41, 5.74) is 0. The van der Waals surface area contributed by atoms with Crippen LogP contribution in [-0.2, 0) is 23.9 Å². The first-order chi connectivity index (χ1) is 6.91. The highest BCUT2D eigenvalue weighted by Gasteiger charge is 2.19. The van der Waals surface area contributed by atoms with Gasteiger partial charge in [0.05, 0.1) is 12.8 Å². The van der Waals surface area contributed by atoms with Crippen molar-refractivity contribution < 1.29 is 30.4 Å². The lowest BCUT2D eigenvalue weighted by molar-refractivity contribution is -0.305. The maximum Gasteiger partial charge on any atom is 0.314 e. The average molecular weight is 217 g/mol. The number of carboxylic acid groups (broad SMARTS) is 1. The molecule has 1 saturated heterocycles. The number of cyclic esters (lactones) is 2. The van der Waals surface area contributed by atoms with Crippen LogP contribution in [0, 0.1) is 0 Å². The fraction of sp³-hybridized carbons (Fsp3) is 0.556. The number of ketones is 1. The normalized spacial score (nSPS) is 13.9. The van der Waals surface area contributed by atoms with Crippen molar-refractivity contribution in [3.63, 3.8) is 0 Å². The van der Waals surface area contributed by atoms with Gasteiger partial charge in [-0.1, -0.05) is 0 Å². The molecule has 0 saturated carbocycles.